The Morgan fingerprint density at radius 3 is 2.58 bits per heavy atom. The number of nitrogens with zero attached hydrogens (tertiary/aromatic N) is 3. The molecule has 0 bridgehead atoms. The van der Waals surface area contributed by atoms with Gasteiger partial charge in [0.1, 0.15) is 11.6 Å². The maximum Gasteiger partial charge on any atom is 0.315 e. The highest BCUT2D eigenvalue weighted by Gasteiger charge is 2.22. The number of rotatable bonds is 5. The molecule has 7 heteroatoms. The van der Waals surface area contributed by atoms with E-state index in [0.717, 1.165) is 16.3 Å². The van der Waals surface area contributed by atoms with Crippen molar-refractivity contribution in [3.8, 4) is 5.69 Å². The molecule has 0 spiro atoms. The molecule has 0 fully saturated rings. The maximum absolute atomic E-state index is 13.5. The molecule has 156 valence electrons. The minimum Gasteiger partial charge on any atom is -0.330 e. The largest absolute Gasteiger partial charge is 0.330 e. The summed E-state index contributed by atoms with van der Waals surface area (Å²) in [5.74, 6) is -1.57. The Morgan fingerprint density at radius 2 is 1.81 bits per heavy atom. The zero-order chi connectivity index (χ0) is 21.8. The fraction of sp³-hybridized carbons (Fsp3) is 0.125. The molecule has 1 heterocycles. The summed E-state index contributed by atoms with van der Waals surface area (Å²) >= 11 is 0. The Labute approximate surface area is 178 Å². The number of nitrogens with one attached hydrogen (secondary N) is 1. The van der Waals surface area contributed by atoms with Gasteiger partial charge in [0.15, 0.2) is 0 Å². The number of hydrogen-bond donors (Lipinski definition) is 1. The van der Waals surface area contributed by atoms with Crippen LogP contribution in [-0.2, 0) is 16.1 Å². The van der Waals surface area contributed by atoms with Gasteiger partial charge in [-0.1, -0.05) is 42.5 Å². The van der Waals surface area contributed by atoms with E-state index in [2.05, 4.69) is 10.4 Å². The number of carbonyl (C=O) groups excluding carboxylic acids is 2. The monoisotopic (exact) mass is 416 g/mol. The van der Waals surface area contributed by atoms with Crippen molar-refractivity contribution >= 4 is 28.4 Å². The summed E-state index contributed by atoms with van der Waals surface area (Å²) in [4.78, 5) is 26.9. The highest BCUT2D eigenvalue weighted by Crippen LogP contribution is 2.18. The van der Waals surface area contributed by atoms with Crippen LogP contribution in [0.5, 0.6) is 0 Å². The lowest BCUT2D eigenvalue weighted by Gasteiger charge is -2.20. The number of benzene rings is 3. The molecular weight excluding hydrogens is 395 g/mol. The molecule has 1 N–H and O–H groups in total. The van der Waals surface area contributed by atoms with E-state index in [1.807, 2.05) is 49.4 Å². The number of amides is 2. The molecule has 31 heavy (non-hydrogen) atoms. The van der Waals surface area contributed by atoms with Gasteiger partial charge in [0, 0.05) is 19.2 Å². The lowest BCUT2D eigenvalue weighted by molar-refractivity contribution is -0.143. The van der Waals surface area contributed by atoms with E-state index in [0.29, 0.717) is 18.8 Å². The summed E-state index contributed by atoms with van der Waals surface area (Å²) in [6.07, 6.45) is 1.47. The summed E-state index contributed by atoms with van der Waals surface area (Å²) in [6.45, 7) is 2.52. The molecule has 0 atom stereocenters. The second-order valence-corrected chi connectivity index (χ2v) is 7.06. The van der Waals surface area contributed by atoms with Crippen LogP contribution in [0.15, 0.2) is 79.0 Å². The molecule has 3 aromatic carbocycles. The molecule has 0 aliphatic carbocycles. The standard InChI is InChI=1S/C24H21FN4O2/c1-2-28(16-17-10-11-18-6-3-4-7-19(18)14-17)24(31)23(30)27-22-12-13-26-29(22)21-9-5-8-20(25)15-21/h3-15H,2,16H2,1H3,(H,27,30). The Kier molecular flexibility index (Phi) is 5.75. The van der Waals surface area contributed by atoms with Crippen LogP contribution in [0, 0.1) is 5.82 Å². The second-order valence-electron chi connectivity index (χ2n) is 7.06. The van der Waals surface area contributed by atoms with Crippen molar-refractivity contribution in [2.75, 3.05) is 11.9 Å². The summed E-state index contributed by atoms with van der Waals surface area (Å²) in [6, 6.07) is 21.3. The van der Waals surface area contributed by atoms with Gasteiger partial charge < -0.3 is 10.2 Å². The van der Waals surface area contributed by atoms with E-state index in [9.17, 15) is 14.0 Å². The molecule has 0 unspecified atom stereocenters. The quantitative estimate of drug-likeness (QED) is 0.497. The van der Waals surface area contributed by atoms with Crippen LogP contribution < -0.4 is 5.32 Å². The number of carbonyl (C=O) groups is 2. The number of anilines is 1. The van der Waals surface area contributed by atoms with E-state index in [1.165, 1.54) is 27.9 Å². The lowest BCUT2D eigenvalue weighted by atomic mass is 10.1. The number of hydrogen-bond acceptors (Lipinski definition) is 3. The summed E-state index contributed by atoms with van der Waals surface area (Å²) in [5, 5.41) is 8.89. The maximum atomic E-state index is 13.5. The van der Waals surface area contributed by atoms with Crippen molar-refractivity contribution in [1.29, 1.82) is 0 Å². The van der Waals surface area contributed by atoms with E-state index < -0.39 is 17.6 Å². The van der Waals surface area contributed by atoms with E-state index >= 15 is 0 Å². The molecule has 0 radical (unpaired) electrons. The van der Waals surface area contributed by atoms with Gasteiger partial charge in [0.25, 0.3) is 0 Å². The number of fused-ring (bicyclic) bond motifs is 1. The first-order chi connectivity index (χ1) is 15.0. The molecule has 0 saturated heterocycles. The Hall–Kier alpha value is -4.00. The third-order valence-corrected chi connectivity index (χ3v) is 4.99. The first-order valence-corrected chi connectivity index (χ1v) is 9.93. The molecule has 4 aromatic rings. The Morgan fingerprint density at radius 1 is 1.00 bits per heavy atom. The van der Waals surface area contributed by atoms with Gasteiger partial charge in [-0.15, -0.1) is 0 Å². The van der Waals surface area contributed by atoms with Crippen molar-refractivity contribution in [3.05, 3.63) is 90.4 Å². The van der Waals surface area contributed by atoms with Crippen LogP contribution in [0.25, 0.3) is 16.5 Å². The topological polar surface area (TPSA) is 67.2 Å². The third-order valence-electron chi connectivity index (χ3n) is 4.99. The third kappa shape index (κ3) is 4.45. The van der Waals surface area contributed by atoms with Gasteiger partial charge in [-0.05, 0) is 47.5 Å². The molecule has 0 aliphatic rings. The van der Waals surface area contributed by atoms with Gasteiger partial charge in [-0.2, -0.15) is 5.10 Å². The fourth-order valence-electron chi connectivity index (χ4n) is 3.41. The van der Waals surface area contributed by atoms with Gasteiger partial charge in [-0.25, -0.2) is 9.07 Å². The minimum atomic E-state index is -0.777. The normalized spacial score (nSPS) is 10.8. The van der Waals surface area contributed by atoms with Gasteiger partial charge in [-0.3, -0.25) is 9.59 Å². The molecular formula is C24H21FN4O2. The smallest absolute Gasteiger partial charge is 0.315 e. The molecule has 1 aromatic heterocycles. The SMILES string of the molecule is CCN(Cc1ccc2ccccc2c1)C(=O)C(=O)Nc1ccnn1-c1cccc(F)c1. The predicted octanol–water partition coefficient (Wildman–Crippen LogP) is 4.15. The van der Waals surface area contributed by atoms with E-state index in [1.54, 1.807) is 18.2 Å². The average Bonchev–Trinajstić information content (AvgIpc) is 3.25. The highest BCUT2D eigenvalue weighted by molar-refractivity contribution is 6.39. The van der Waals surface area contributed by atoms with E-state index in [4.69, 9.17) is 0 Å². The van der Waals surface area contributed by atoms with Crippen molar-refractivity contribution in [3.63, 3.8) is 0 Å². The second kappa shape index (κ2) is 8.79. The van der Waals surface area contributed by atoms with Crippen molar-refractivity contribution in [1.82, 2.24) is 14.7 Å². The number of likely N-dealkylation sites (N-methyl/N-ethyl adjacent to an activating group) is 1. The van der Waals surface area contributed by atoms with Gasteiger partial charge >= 0.3 is 11.8 Å². The van der Waals surface area contributed by atoms with Crippen molar-refractivity contribution in [2.45, 2.75) is 13.5 Å². The van der Waals surface area contributed by atoms with Crippen LogP contribution in [-0.4, -0.2) is 33.0 Å². The van der Waals surface area contributed by atoms with Crippen molar-refractivity contribution in [2.24, 2.45) is 0 Å². The predicted molar refractivity (Wildman–Crippen MR) is 117 cm³/mol. The Balaban J connectivity index is 1.49. The van der Waals surface area contributed by atoms with Crippen molar-refractivity contribution < 1.29 is 14.0 Å². The minimum absolute atomic E-state index is 0.283. The summed E-state index contributed by atoms with van der Waals surface area (Å²) in [7, 11) is 0. The van der Waals surface area contributed by atoms with Crippen LogP contribution in [0.2, 0.25) is 0 Å². The Bertz CT molecular complexity index is 1250. The summed E-state index contributed by atoms with van der Waals surface area (Å²) in [5.41, 5.74) is 1.38. The van der Waals surface area contributed by atoms with Gasteiger partial charge in [0.05, 0.1) is 11.9 Å². The molecule has 0 saturated carbocycles. The molecule has 4 rings (SSSR count). The first-order valence-electron chi connectivity index (χ1n) is 9.93. The summed E-state index contributed by atoms with van der Waals surface area (Å²) < 4.78 is 14.9. The number of aromatic nitrogens is 2. The molecule has 2 amide bonds. The van der Waals surface area contributed by atoms with Crippen LogP contribution in [0.4, 0.5) is 10.2 Å². The lowest BCUT2D eigenvalue weighted by Crippen LogP contribution is -2.39. The fourth-order valence-corrected chi connectivity index (χ4v) is 3.41. The zero-order valence-electron chi connectivity index (χ0n) is 17.0. The molecule has 6 nitrogen and oxygen atoms in total. The van der Waals surface area contributed by atoms with Crippen LogP contribution in [0.1, 0.15) is 12.5 Å². The first kappa shape index (κ1) is 20.3. The average molecular weight is 416 g/mol. The molecule has 0 aliphatic heterocycles. The highest BCUT2D eigenvalue weighted by atomic mass is 19.1. The van der Waals surface area contributed by atoms with E-state index in [-0.39, 0.29) is 5.82 Å². The van der Waals surface area contributed by atoms with Gasteiger partial charge in [0.2, 0.25) is 0 Å². The number of halogens is 1. The van der Waals surface area contributed by atoms with Crippen LogP contribution in [0.3, 0.4) is 0 Å². The van der Waals surface area contributed by atoms with Crippen LogP contribution >= 0.6 is 0 Å². The zero-order valence-corrected chi connectivity index (χ0v) is 17.0.